The number of carbonyl (C=O) groups excluding carboxylic acids is 1. The molecule has 2 aromatic rings. The highest BCUT2D eigenvalue weighted by molar-refractivity contribution is 9.11. The van der Waals surface area contributed by atoms with Gasteiger partial charge in [-0.25, -0.2) is 4.79 Å². The molecule has 0 saturated carbocycles. The van der Waals surface area contributed by atoms with Crippen molar-refractivity contribution in [2.45, 2.75) is 0 Å². The third-order valence-corrected chi connectivity index (χ3v) is 3.61. The molecule has 4 nitrogen and oxygen atoms in total. The van der Waals surface area contributed by atoms with Gasteiger partial charge in [0.15, 0.2) is 5.43 Å². The summed E-state index contributed by atoms with van der Waals surface area (Å²) < 4.78 is 5.96. The quantitative estimate of drug-likeness (QED) is 0.795. The Morgan fingerprint density at radius 1 is 1.29 bits per heavy atom. The Morgan fingerprint density at radius 3 is 2.59 bits per heavy atom. The molecule has 0 fully saturated rings. The van der Waals surface area contributed by atoms with Gasteiger partial charge in [0.05, 0.1) is 18.0 Å². The molecule has 6 heteroatoms. The van der Waals surface area contributed by atoms with Gasteiger partial charge in [0, 0.05) is 15.0 Å². The van der Waals surface area contributed by atoms with E-state index < -0.39 is 5.97 Å². The van der Waals surface area contributed by atoms with Gasteiger partial charge >= 0.3 is 5.97 Å². The van der Waals surface area contributed by atoms with Gasteiger partial charge in [-0.15, -0.1) is 0 Å². The zero-order chi connectivity index (χ0) is 12.6. The van der Waals surface area contributed by atoms with Gasteiger partial charge < -0.3 is 9.72 Å². The van der Waals surface area contributed by atoms with Crippen molar-refractivity contribution in [3.63, 3.8) is 0 Å². The van der Waals surface area contributed by atoms with Crippen molar-refractivity contribution >= 4 is 48.7 Å². The summed E-state index contributed by atoms with van der Waals surface area (Å²) in [6.07, 6.45) is 0. The number of hydrogen-bond acceptors (Lipinski definition) is 3. The average Bonchev–Trinajstić information content (AvgIpc) is 2.32. The molecule has 0 bridgehead atoms. The van der Waals surface area contributed by atoms with Crippen LogP contribution in [0.25, 0.3) is 10.9 Å². The molecule has 88 valence electrons. The molecule has 2 rings (SSSR count). The van der Waals surface area contributed by atoms with Gasteiger partial charge in [-0.1, -0.05) is 0 Å². The van der Waals surface area contributed by atoms with Crippen LogP contribution in [-0.2, 0) is 4.74 Å². The SMILES string of the molecule is COC(=O)c1cc(=O)c2c(Br)ccc(Br)c2[nH]1. The summed E-state index contributed by atoms with van der Waals surface area (Å²) in [5, 5.41) is 0.493. The van der Waals surface area contributed by atoms with E-state index in [2.05, 4.69) is 41.6 Å². The van der Waals surface area contributed by atoms with Crippen LogP contribution in [0.4, 0.5) is 0 Å². The summed E-state index contributed by atoms with van der Waals surface area (Å²) in [6, 6.07) is 4.77. The standard InChI is InChI=1S/C11H7Br2NO3/c1-17-11(16)7-4-8(15)9-5(12)2-3-6(13)10(9)14-7/h2-4H,1H3,(H,14,15). The largest absolute Gasteiger partial charge is 0.464 e. The number of H-pyrrole nitrogens is 1. The van der Waals surface area contributed by atoms with Crippen LogP contribution in [0, 0.1) is 0 Å². The van der Waals surface area contributed by atoms with Crippen LogP contribution in [-0.4, -0.2) is 18.1 Å². The van der Waals surface area contributed by atoms with Crippen LogP contribution in [0.3, 0.4) is 0 Å². The Morgan fingerprint density at radius 2 is 1.94 bits per heavy atom. The number of hydrogen-bond donors (Lipinski definition) is 1. The number of fused-ring (bicyclic) bond motifs is 1. The summed E-state index contributed by atoms with van der Waals surface area (Å²) in [7, 11) is 1.26. The van der Waals surface area contributed by atoms with Crippen molar-refractivity contribution in [3.05, 3.63) is 43.1 Å². The molecule has 0 atom stereocenters. The first kappa shape index (κ1) is 12.3. The molecule has 1 aromatic carbocycles. The van der Waals surface area contributed by atoms with Gasteiger partial charge in [0.1, 0.15) is 5.69 Å². The van der Waals surface area contributed by atoms with E-state index in [1.807, 2.05) is 0 Å². The molecule has 0 unspecified atom stereocenters. The maximum atomic E-state index is 11.9. The Hall–Kier alpha value is -1.14. The minimum Gasteiger partial charge on any atom is -0.464 e. The van der Waals surface area contributed by atoms with Crippen LogP contribution in [0.2, 0.25) is 0 Å². The second-order valence-electron chi connectivity index (χ2n) is 3.32. The second-order valence-corrected chi connectivity index (χ2v) is 5.03. The summed E-state index contributed by atoms with van der Waals surface area (Å²) in [4.78, 5) is 26.2. The molecule has 1 heterocycles. The number of ether oxygens (including phenoxy) is 1. The lowest BCUT2D eigenvalue weighted by atomic mass is 10.2. The van der Waals surface area contributed by atoms with Crippen molar-refractivity contribution in [2.24, 2.45) is 0 Å². The minimum atomic E-state index is -0.573. The van der Waals surface area contributed by atoms with Crippen LogP contribution in [0.15, 0.2) is 31.9 Å². The zero-order valence-electron chi connectivity index (χ0n) is 8.71. The molecule has 0 spiro atoms. The highest BCUT2D eigenvalue weighted by atomic mass is 79.9. The summed E-state index contributed by atoms with van der Waals surface area (Å²) in [6.45, 7) is 0. The molecule has 0 aliphatic rings. The Kier molecular flexibility index (Phi) is 3.35. The molecule has 0 aliphatic heterocycles. The van der Waals surface area contributed by atoms with E-state index in [1.54, 1.807) is 12.1 Å². The lowest BCUT2D eigenvalue weighted by molar-refractivity contribution is 0.0594. The smallest absolute Gasteiger partial charge is 0.354 e. The third-order valence-electron chi connectivity index (χ3n) is 2.29. The second kappa shape index (κ2) is 4.62. The topological polar surface area (TPSA) is 59.2 Å². The van der Waals surface area contributed by atoms with E-state index in [-0.39, 0.29) is 11.1 Å². The van der Waals surface area contributed by atoms with Crippen molar-refractivity contribution in [2.75, 3.05) is 7.11 Å². The number of methoxy groups -OCH3 is 1. The predicted octanol–water partition coefficient (Wildman–Crippen LogP) is 2.84. The van der Waals surface area contributed by atoms with Crippen LogP contribution in [0.1, 0.15) is 10.5 Å². The molecular formula is C11H7Br2NO3. The first-order valence-corrected chi connectivity index (χ1v) is 6.22. The first-order chi connectivity index (χ1) is 8.04. The average molecular weight is 361 g/mol. The Labute approximate surface area is 113 Å². The van der Waals surface area contributed by atoms with Gasteiger partial charge in [0.25, 0.3) is 0 Å². The van der Waals surface area contributed by atoms with E-state index in [0.29, 0.717) is 19.8 Å². The number of halogens is 2. The fourth-order valence-corrected chi connectivity index (χ4v) is 2.46. The van der Waals surface area contributed by atoms with E-state index in [4.69, 9.17) is 0 Å². The number of pyridine rings is 1. The van der Waals surface area contributed by atoms with Crippen LogP contribution in [0.5, 0.6) is 0 Å². The first-order valence-electron chi connectivity index (χ1n) is 4.64. The number of esters is 1. The molecule has 0 amide bonds. The zero-order valence-corrected chi connectivity index (χ0v) is 11.9. The summed E-state index contributed by atoms with van der Waals surface area (Å²) in [5.41, 5.74) is 0.448. The minimum absolute atomic E-state index is 0.129. The predicted molar refractivity (Wildman–Crippen MR) is 71.3 cm³/mol. The van der Waals surface area contributed by atoms with Crippen molar-refractivity contribution in [1.29, 1.82) is 0 Å². The monoisotopic (exact) mass is 359 g/mol. The number of aromatic amines is 1. The van der Waals surface area contributed by atoms with E-state index >= 15 is 0 Å². The number of rotatable bonds is 1. The van der Waals surface area contributed by atoms with Crippen LogP contribution < -0.4 is 5.43 Å². The molecule has 0 saturated heterocycles. The number of carbonyl (C=O) groups is 1. The fraction of sp³-hybridized carbons (Fsp3) is 0.0909. The molecule has 17 heavy (non-hydrogen) atoms. The Balaban J connectivity index is 2.87. The highest BCUT2D eigenvalue weighted by Crippen LogP contribution is 2.26. The van der Waals surface area contributed by atoms with Gasteiger partial charge in [-0.2, -0.15) is 0 Å². The van der Waals surface area contributed by atoms with E-state index in [9.17, 15) is 9.59 Å². The van der Waals surface area contributed by atoms with E-state index in [1.165, 1.54) is 13.2 Å². The maximum Gasteiger partial charge on any atom is 0.354 e. The van der Waals surface area contributed by atoms with Gasteiger partial charge in [-0.3, -0.25) is 4.79 Å². The van der Waals surface area contributed by atoms with Gasteiger partial charge in [-0.05, 0) is 44.0 Å². The normalized spacial score (nSPS) is 10.5. The van der Waals surface area contributed by atoms with E-state index in [0.717, 1.165) is 0 Å². The Bertz CT molecular complexity index is 664. The van der Waals surface area contributed by atoms with Crippen molar-refractivity contribution in [3.8, 4) is 0 Å². The molecule has 1 aromatic heterocycles. The summed E-state index contributed by atoms with van der Waals surface area (Å²) >= 11 is 6.63. The number of aromatic nitrogens is 1. The fourth-order valence-electron chi connectivity index (χ4n) is 1.51. The van der Waals surface area contributed by atoms with Crippen molar-refractivity contribution in [1.82, 2.24) is 4.98 Å². The molecular weight excluding hydrogens is 354 g/mol. The molecule has 1 N–H and O–H groups in total. The summed E-state index contributed by atoms with van der Waals surface area (Å²) in [5.74, 6) is -0.573. The molecule has 0 radical (unpaired) electrons. The highest BCUT2D eigenvalue weighted by Gasteiger charge is 2.13. The lowest BCUT2D eigenvalue weighted by Gasteiger charge is -2.05. The van der Waals surface area contributed by atoms with Crippen molar-refractivity contribution < 1.29 is 9.53 Å². The number of nitrogens with one attached hydrogen (secondary N) is 1. The third kappa shape index (κ3) is 2.14. The number of benzene rings is 1. The molecule has 0 aliphatic carbocycles. The van der Waals surface area contributed by atoms with Crippen LogP contribution >= 0.6 is 31.9 Å². The van der Waals surface area contributed by atoms with Gasteiger partial charge in [0.2, 0.25) is 0 Å². The lowest BCUT2D eigenvalue weighted by Crippen LogP contribution is -2.11. The maximum absolute atomic E-state index is 11.9.